The molecule has 1 aromatic rings. The van der Waals surface area contributed by atoms with Crippen LogP contribution in [0.25, 0.3) is 0 Å². The summed E-state index contributed by atoms with van der Waals surface area (Å²) in [5.74, 6) is 0.103. The summed E-state index contributed by atoms with van der Waals surface area (Å²) in [5, 5.41) is 3.01. The van der Waals surface area contributed by atoms with Gasteiger partial charge in [0.1, 0.15) is 5.82 Å². The van der Waals surface area contributed by atoms with Crippen molar-refractivity contribution in [3.05, 3.63) is 29.6 Å². The van der Waals surface area contributed by atoms with Gasteiger partial charge < -0.3 is 5.32 Å². The first-order valence-corrected chi connectivity index (χ1v) is 8.34. The fourth-order valence-corrected chi connectivity index (χ4v) is 3.35. The second kappa shape index (κ2) is 6.20. The first-order chi connectivity index (χ1) is 9.45. The molecule has 1 fully saturated rings. The number of hydrogen-bond donors (Lipinski definition) is 1. The number of halogens is 1. The molecule has 112 valence electrons. The quantitative estimate of drug-likeness (QED) is 0.837. The summed E-state index contributed by atoms with van der Waals surface area (Å²) in [6, 6.07) is 3.99. The maximum atomic E-state index is 13.7. The van der Waals surface area contributed by atoms with E-state index in [1.807, 2.05) is 6.92 Å². The average molecular weight is 300 g/mol. The van der Waals surface area contributed by atoms with Crippen LogP contribution in [0.15, 0.2) is 23.1 Å². The third-order valence-electron chi connectivity index (χ3n) is 3.50. The Bertz CT molecular complexity index is 571. The van der Waals surface area contributed by atoms with Gasteiger partial charge >= 0.3 is 0 Å². The number of nitrogens with zero attached hydrogens (tertiary/aromatic N) is 1. The summed E-state index contributed by atoms with van der Waals surface area (Å²) in [7, 11) is -1.94. The highest BCUT2D eigenvalue weighted by molar-refractivity contribution is 7.89. The number of nitrogens with one attached hydrogen (secondary N) is 1. The van der Waals surface area contributed by atoms with Crippen LogP contribution in [0.1, 0.15) is 25.3 Å². The van der Waals surface area contributed by atoms with Gasteiger partial charge in [-0.05, 0) is 43.5 Å². The standard InChI is InChI=1S/C14H21FN2O2S/c1-3-16-9-12-8-13(6-7-14(12)15)20(18,19)17(2)10-11-4-5-11/h6-8,11,16H,3-5,9-10H2,1-2H3. The van der Waals surface area contributed by atoms with E-state index in [1.54, 1.807) is 7.05 Å². The normalized spacial score (nSPS) is 15.8. The minimum atomic E-state index is -3.52. The minimum Gasteiger partial charge on any atom is -0.313 e. The van der Waals surface area contributed by atoms with Gasteiger partial charge in [0.2, 0.25) is 10.0 Å². The van der Waals surface area contributed by atoms with Crippen LogP contribution in [0, 0.1) is 11.7 Å². The summed E-state index contributed by atoms with van der Waals surface area (Å²) in [6.45, 7) is 3.50. The summed E-state index contributed by atoms with van der Waals surface area (Å²) in [6.07, 6.45) is 2.18. The lowest BCUT2D eigenvalue weighted by molar-refractivity contribution is 0.452. The maximum Gasteiger partial charge on any atom is 0.242 e. The second-order valence-corrected chi connectivity index (χ2v) is 7.31. The first kappa shape index (κ1) is 15.4. The van der Waals surface area contributed by atoms with Crippen molar-refractivity contribution in [1.82, 2.24) is 9.62 Å². The second-order valence-electron chi connectivity index (χ2n) is 5.26. The first-order valence-electron chi connectivity index (χ1n) is 6.90. The van der Waals surface area contributed by atoms with E-state index in [1.165, 1.54) is 22.5 Å². The Labute approximate surface area is 120 Å². The smallest absolute Gasteiger partial charge is 0.242 e. The summed E-state index contributed by atoms with van der Waals surface area (Å²) < 4.78 is 39.9. The number of rotatable bonds is 7. The van der Waals surface area contributed by atoms with Gasteiger partial charge in [0.25, 0.3) is 0 Å². The number of sulfonamides is 1. The van der Waals surface area contributed by atoms with E-state index in [0.29, 0.717) is 31.1 Å². The Balaban J connectivity index is 2.21. The van der Waals surface area contributed by atoms with Crippen LogP contribution in [-0.4, -0.2) is 32.9 Å². The molecule has 0 spiro atoms. The molecule has 0 amide bonds. The van der Waals surface area contributed by atoms with Crippen LogP contribution in [0.3, 0.4) is 0 Å². The molecule has 1 saturated carbocycles. The minimum absolute atomic E-state index is 0.162. The Morgan fingerprint density at radius 2 is 2.10 bits per heavy atom. The van der Waals surface area contributed by atoms with Crippen LogP contribution in [-0.2, 0) is 16.6 Å². The van der Waals surface area contributed by atoms with Crippen molar-refractivity contribution < 1.29 is 12.8 Å². The molecule has 0 bridgehead atoms. The van der Waals surface area contributed by atoms with Crippen molar-refractivity contribution >= 4 is 10.0 Å². The van der Waals surface area contributed by atoms with Crippen LogP contribution >= 0.6 is 0 Å². The summed E-state index contributed by atoms with van der Waals surface area (Å²) in [4.78, 5) is 0.162. The summed E-state index contributed by atoms with van der Waals surface area (Å²) >= 11 is 0. The highest BCUT2D eigenvalue weighted by Gasteiger charge is 2.29. The molecule has 1 aliphatic carbocycles. The van der Waals surface area contributed by atoms with Crippen LogP contribution < -0.4 is 5.32 Å². The van der Waals surface area contributed by atoms with Crippen molar-refractivity contribution in [2.75, 3.05) is 20.1 Å². The SMILES string of the molecule is CCNCc1cc(S(=O)(=O)N(C)CC2CC2)ccc1F. The van der Waals surface area contributed by atoms with Crippen LogP contribution in [0.5, 0.6) is 0 Å². The molecule has 2 rings (SSSR count). The van der Waals surface area contributed by atoms with Crippen molar-refractivity contribution in [3.8, 4) is 0 Å². The zero-order valence-electron chi connectivity index (χ0n) is 11.9. The van der Waals surface area contributed by atoms with Crippen molar-refractivity contribution in [2.45, 2.75) is 31.2 Å². The largest absolute Gasteiger partial charge is 0.313 e. The van der Waals surface area contributed by atoms with Gasteiger partial charge in [0.05, 0.1) is 4.90 Å². The van der Waals surface area contributed by atoms with E-state index in [9.17, 15) is 12.8 Å². The Hall–Kier alpha value is -0.980. The van der Waals surface area contributed by atoms with Crippen LogP contribution in [0.4, 0.5) is 4.39 Å². The van der Waals surface area contributed by atoms with Gasteiger partial charge in [-0.25, -0.2) is 17.1 Å². The number of benzene rings is 1. The topological polar surface area (TPSA) is 49.4 Å². The molecule has 0 unspecified atom stereocenters. The van der Waals surface area contributed by atoms with E-state index in [2.05, 4.69) is 5.32 Å². The third-order valence-corrected chi connectivity index (χ3v) is 5.32. The van der Waals surface area contributed by atoms with E-state index < -0.39 is 10.0 Å². The molecule has 1 aliphatic rings. The molecule has 0 atom stereocenters. The predicted molar refractivity (Wildman–Crippen MR) is 76.3 cm³/mol. The molecule has 0 heterocycles. The van der Waals surface area contributed by atoms with E-state index in [4.69, 9.17) is 0 Å². The van der Waals surface area contributed by atoms with Crippen molar-refractivity contribution in [2.24, 2.45) is 5.92 Å². The molecule has 1 N–H and O–H groups in total. The van der Waals surface area contributed by atoms with Gasteiger partial charge in [-0.2, -0.15) is 0 Å². The Kier molecular flexibility index (Phi) is 4.78. The van der Waals surface area contributed by atoms with Gasteiger partial charge in [-0.15, -0.1) is 0 Å². The van der Waals surface area contributed by atoms with Crippen molar-refractivity contribution in [3.63, 3.8) is 0 Å². The van der Waals surface area contributed by atoms with Gasteiger partial charge in [0.15, 0.2) is 0 Å². The molecular formula is C14H21FN2O2S. The zero-order chi connectivity index (χ0) is 14.8. The van der Waals surface area contributed by atoms with Gasteiger partial charge in [-0.1, -0.05) is 6.92 Å². The van der Waals surface area contributed by atoms with Crippen molar-refractivity contribution in [1.29, 1.82) is 0 Å². The predicted octanol–water partition coefficient (Wildman–Crippen LogP) is 1.97. The average Bonchev–Trinajstić information content (AvgIpc) is 3.21. The zero-order valence-corrected chi connectivity index (χ0v) is 12.7. The number of hydrogen-bond acceptors (Lipinski definition) is 3. The Morgan fingerprint density at radius 3 is 2.70 bits per heavy atom. The van der Waals surface area contributed by atoms with E-state index in [-0.39, 0.29) is 10.7 Å². The molecule has 4 nitrogen and oxygen atoms in total. The molecule has 20 heavy (non-hydrogen) atoms. The molecule has 6 heteroatoms. The maximum absolute atomic E-state index is 13.7. The molecule has 0 radical (unpaired) electrons. The molecule has 1 aromatic carbocycles. The highest BCUT2D eigenvalue weighted by atomic mass is 32.2. The molecule has 0 aliphatic heterocycles. The van der Waals surface area contributed by atoms with Gasteiger partial charge in [0, 0.05) is 25.7 Å². The van der Waals surface area contributed by atoms with E-state index in [0.717, 1.165) is 12.8 Å². The lowest BCUT2D eigenvalue weighted by Gasteiger charge is -2.17. The van der Waals surface area contributed by atoms with E-state index >= 15 is 0 Å². The summed E-state index contributed by atoms with van der Waals surface area (Å²) in [5.41, 5.74) is 0.382. The lowest BCUT2D eigenvalue weighted by atomic mass is 10.2. The highest BCUT2D eigenvalue weighted by Crippen LogP contribution is 2.31. The Morgan fingerprint density at radius 1 is 1.40 bits per heavy atom. The lowest BCUT2D eigenvalue weighted by Crippen LogP contribution is -2.29. The fraction of sp³-hybridized carbons (Fsp3) is 0.571. The van der Waals surface area contributed by atoms with Crippen LogP contribution in [0.2, 0.25) is 0 Å². The van der Waals surface area contributed by atoms with Gasteiger partial charge in [-0.3, -0.25) is 0 Å². The monoisotopic (exact) mass is 300 g/mol. The molecule has 0 saturated heterocycles. The molecular weight excluding hydrogens is 279 g/mol. The molecule has 0 aromatic heterocycles. The fourth-order valence-electron chi connectivity index (χ4n) is 2.05. The third kappa shape index (κ3) is 3.56.